The fraction of sp³-hybridized carbons (Fsp3) is 0.0625. The van der Waals surface area contributed by atoms with Gasteiger partial charge < -0.3 is 10.0 Å². The summed E-state index contributed by atoms with van der Waals surface area (Å²) in [6, 6.07) is 15.2. The average Bonchev–Trinajstić information content (AvgIpc) is 3.00. The summed E-state index contributed by atoms with van der Waals surface area (Å²) in [6.07, 6.45) is 0. The highest BCUT2D eigenvalue weighted by molar-refractivity contribution is 6.30. The van der Waals surface area contributed by atoms with Gasteiger partial charge in [-0.15, -0.1) is 5.10 Å². The van der Waals surface area contributed by atoms with Crippen LogP contribution in [-0.4, -0.2) is 25.8 Å². The predicted molar refractivity (Wildman–Crippen MR) is 85.6 cm³/mol. The van der Waals surface area contributed by atoms with Gasteiger partial charge in [0.1, 0.15) is 0 Å². The molecule has 1 aliphatic heterocycles. The van der Waals surface area contributed by atoms with Crippen LogP contribution in [0.4, 0.5) is 11.4 Å². The van der Waals surface area contributed by atoms with Crippen LogP contribution < -0.4 is 4.90 Å². The molecule has 0 unspecified atom stereocenters. The van der Waals surface area contributed by atoms with Crippen LogP contribution in [0.1, 0.15) is 16.4 Å². The summed E-state index contributed by atoms with van der Waals surface area (Å²) >= 11 is 5.96. The van der Waals surface area contributed by atoms with Crippen molar-refractivity contribution in [3.63, 3.8) is 0 Å². The van der Waals surface area contributed by atoms with Crippen molar-refractivity contribution in [3.8, 4) is 5.69 Å². The number of benzene rings is 2. The highest BCUT2D eigenvalue weighted by Crippen LogP contribution is 2.36. The Morgan fingerprint density at radius 1 is 1.09 bits per heavy atom. The molecule has 3 aromatic rings. The van der Waals surface area contributed by atoms with E-state index in [4.69, 9.17) is 16.7 Å². The number of nitrogens with zero attached hydrogens (tertiary/aromatic N) is 4. The first kappa shape index (κ1) is 13.8. The zero-order valence-corrected chi connectivity index (χ0v) is 12.6. The van der Waals surface area contributed by atoms with Gasteiger partial charge >= 0.3 is 5.97 Å². The number of hydrogen-bond acceptors (Lipinski definition) is 4. The zero-order chi connectivity index (χ0) is 16.0. The van der Waals surface area contributed by atoms with Crippen LogP contribution in [0, 0.1) is 0 Å². The quantitative estimate of drug-likeness (QED) is 0.782. The first-order valence-electron chi connectivity index (χ1n) is 6.95. The fourth-order valence-electron chi connectivity index (χ4n) is 2.68. The van der Waals surface area contributed by atoms with Crippen molar-refractivity contribution in [1.82, 2.24) is 14.8 Å². The topological polar surface area (TPSA) is 71.2 Å². The number of para-hydroxylation sites is 2. The number of fused-ring (bicyclic) bond motifs is 3. The van der Waals surface area contributed by atoms with Crippen molar-refractivity contribution in [3.05, 3.63) is 65.2 Å². The molecule has 114 valence electrons. The van der Waals surface area contributed by atoms with Crippen LogP contribution >= 0.6 is 11.6 Å². The fourth-order valence-corrected chi connectivity index (χ4v) is 2.81. The van der Waals surface area contributed by atoms with Crippen LogP contribution in [0.15, 0.2) is 48.5 Å². The van der Waals surface area contributed by atoms with Crippen LogP contribution in [0.25, 0.3) is 5.69 Å². The Kier molecular flexibility index (Phi) is 3.06. The van der Waals surface area contributed by atoms with E-state index in [2.05, 4.69) is 15.0 Å². The molecule has 0 spiro atoms. The summed E-state index contributed by atoms with van der Waals surface area (Å²) in [5.74, 6) is -0.758. The average molecular weight is 327 g/mol. The number of rotatable bonds is 2. The van der Waals surface area contributed by atoms with E-state index in [1.54, 1.807) is 4.68 Å². The minimum absolute atomic E-state index is 0.201. The molecule has 1 aromatic heterocycles. The molecule has 1 N–H and O–H groups in total. The third-order valence-corrected chi connectivity index (χ3v) is 3.96. The summed E-state index contributed by atoms with van der Waals surface area (Å²) in [6.45, 7) is 0.429. The van der Waals surface area contributed by atoms with Gasteiger partial charge in [-0.3, -0.25) is 0 Å². The summed E-state index contributed by atoms with van der Waals surface area (Å²) < 4.78 is 1.59. The van der Waals surface area contributed by atoms with Crippen molar-refractivity contribution in [2.75, 3.05) is 4.90 Å². The summed E-state index contributed by atoms with van der Waals surface area (Å²) in [4.78, 5) is 17.3. The Morgan fingerprint density at radius 2 is 1.78 bits per heavy atom. The molecular formula is C16H11ClN4O2. The van der Waals surface area contributed by atoms with Crippen LogP contribution in [0.2, 0.25) is 5.02 Å². The Hall–Kier alpha value is -2.86. The molecule has 2 aromatic carbocycles. The molecule has 23 heavy (non-hydrogen) atoms. The lowest BCUT2D eigenvalue weighted by Gasteiger charge is -2.30. The second-order valence-corrected chi connectivity index (χ2v) is 5.56. The van der Waals surface area contributed by atoms with Crippen molar-refractivity contribution >= 4 is 28.9 Å². The molecule has 0 saturated carbocycles. The molecule has 0 radical (unpaired) electrons. The number of carboxylic acid groups (broad SMARTS) is 1. The first-order chi connectivity index (χ1) is 11.1. The number of halogens is 1. The molecule has 0 atom stereocenters. The summed E-state index contributed by atoms with van der Waals surface area (Å²) in [5, 5.41) is 13.9. The number of anilines is 2. The smallest absolute Gasteiger partial charge is 0.375 e. The van der Waals surface area contributed by atoms with E-state index >= 15 is 0 Å². The van der Waals surface area contributed by atoms with Crippen LogP contribution in [0.3, 0.4) is 0 Å². The number of carboxylic acids is 1. The van der Waals surface area contributed by atoms with E-state index < -0.39 is 5.97 Å². The second-order valence-electron chi connectivity index (χ2n) is 5.12. The molecule has 0 aliphatic carbocycles. The summed E-state index contributed by atoms with van der Waals surface area (Å²) in [7, 11) is 0. The standard InChI is InChI=1S/C16H11ClN4O2/c17-10-5-7-11(8-6-10)20-9-14-18-15(16(22)23)19-21(14)13-4-2-1-3-12(13)20/h1-8H,9H2,(H,22,23). The van der Waals surface area contributed by atoms with E-state index in [9.17, 15) is 4.79 Å². The highest BCUT2D eigenvalue weighted by atomic mass is 35.5. The molecule has 0 bridgehead atoms. The molecular weight excluding hydrogens is 316 g/mol. The minimum atomic E-state index is -1.14. The van der Waals surface area contributed by atoms with E-state index in [1.165, 1.54) is 0 Å². The van der Waals surface area contributed by atoms with E-state index in [0.717, 1.165) is 17.1 Å². The van der Waals surface area contributed by atoms with Crippen LogP contribution in [0.5, 0.6) is 0 Å². The third kappa shape index (κ3) is 2.24. The van der Waals surface area contributed by atoms with Crippen molar-refractivity contribution in [2.24, 2.45) is 0 Å². The lowest BCUT2D eigenvalue weighted by molar-refractivity contribution is 0.0683. The Balaban J connectivity index is 1.88. The molecule has 1 aliphatic rings. The maximum absolute atomic E-state index is 11.2. The van der Waals surface area contributed by atoms with Gasteiger partial charge in [0.25, 0.3) is 5.82 Å². The Bertz CT molecular complexity index is 905. The van der Waals surface area contributed by atoms with E-state index in [-0.39, 0.29) is 5.82 Å². The molecule has 6 nitrogen and oxygen atoms in total. The molecule has 4 rings (SSSR count). The normalized spacial score (nSPS) is 12.7. The highest BCUT2D eigenvalue weighted by Gasteiger charge is 2.27. The van der Waals surface area contributed by atoms with Gasteiger partial charge in [0.15, 0.2) is 5.82 Å². The number of aromatic nitrogens is 3. The Morgan fingerprint density at radius 3 is 2.48 bits per heavy atom. The van der Waals surface area contributed by atoms with Crippen molar-refractivity contribution < 1.29 is 9.90 Å². The second kappa shape index (κ2) is 5.10. The van der Waals surface area contributed by atoms with Gasteiger partial charge in [-0.1, -0.05) is 23.7 Å². The Labute approximate surface area is 136 Å². The van der Waals surface area contributed by atoms with Gasteiger partial charge in [0.05, 0.1) is 17.9 Å². The predicted octanol–water partition coefficient (Wildman–Crippen LogP) is 3.27. The first-order valence-corrected chi connectivity index (χ1v) is 7.33. The SMILES string of the molecule is O=C(O)c1nc2n(n1)-c1ccccc1N(c1ccc(Cl)cc1)C2. The molecule has 0 amide bonds. The summed E-state index contributed by atoms with van der Waals surface area (Å²) in [5.41, 5.74) is 2.68. The maximum Gasteiger partial charge on any atom is 0.375 e. The molecule has 0 fully saturated rings. The molecule has 2 heterocycles. The van der Waals surface area contributed by atoms with Gasteiger partial charge in [-0.25, -0.2) is 14.5 Å². The van der Waals surface area contributed by atoms with Gasteiger partial charge in [-0.05, 0) is 36.4 Å². The van der Waals surface area contributed by atoms with Crippen LogP contribution in [-0.2, 0) is 6.54 Å². The maximum atomic E-state index is 11.2. The molecule has 0 saturated heterocycles. The van der Waals surface area contributed by atoms with Gasteiger partial charge in [0, 0.05) is 10.7 Å². The largest absolute Gasteiger partial charge is 0.475 e. The van der Waals surface area contributed by atoms with Gasteiger partial charge in [-0.2, -0.15) is 0 Å². The number of hydrogen-bond donors (Lipinski definition) is 1. The van der Waals surface area contributed by atoms with E-state index in [0.29, 0.717) is 17.4 Å². The number of carbonyl (C=O) groups is 1. The third-order valence-electron chi connectivity index (χ3n) is 3.70. The van der Waals surface area contributed by atoms with Gasteiger partial charge in [0.2, 0.25) is 0 Å². The van der Waals surface area contributed by atoms with E-state index in [1.807, 2.05) is 48.5 Å². The number of aromatic carboxylic acids is 1. The molecule has 7 heteroatoms. The van der Waals surface area contributed by atoms with Crippen molar-refractivity contribution in [1.29, 1.82) is 0 Å². The monoisotopic (exact) mass is 326 g/mol. The van der Waals surface area contributed by atoms with Crippen molar-refractivity contribution in [2.45, 2.75) is 6.54 Å². The minimum Gasteiger partial charge on any atom is -0.475 e. The lowest BCUT2D eigenvalue weighted by atomic mass is 10.1. The zero-order valence-electron chi connectivity index (χ0n) is 11.8. The lowest BCUT2D eigenvalue weighted by Crippen LogP contribution is -2.25.